The van der Waals surface area contributed by atoms with Crippen LogP contribution in [0.3, 0.4) is 0 Å². The number of hydrogen-bond donors (Lipinski definition) is 1. The zero-order valence-electron chi connectivity index (χ0n) is 11.0. The second-order valence-corrected chi connectivity index (χ2v) is 7.00. The van der Waals surface area contributed by atoms with Gasteiger partial charge in [0.2, 0.25) is 0 Å². The van der Waals surface area contributed by atoms with Gasteiger partial charge in [-0.3, -0.25) is 0 Å². The lowest BCUT2D eigenvalue weighted by Gasteiger charge is -2.21. The first-order chi connectivity index (χ1) is 7.38. The number of rotatable bonds is 4. The van der Waals surface area contributed by atoms with Crippen LogP contribution in [0, 0.1) is 0 Å². The van der Waals surface area contributed by atoms with Gasteiger partial charge in [0.25, 0.3) is 0 Å². The molecule has 0 aliphatic carbocycles. The zero-order chi connectivity index (χ0) is 12.2. The van der Waals surface area contributed by atoms with Crippen molar-refractivity contribution < 1.29 is 0 Å². The summed E-state index contributed by atoms with van der Waals surface area (Å²) in [7, 11) is 0. The smallest absolute Gasteiger partial charge is 0.0221 e. The topological polar surface area (TPSA) is 12.0 Å². The molecule has 1 aromatic rings. The average Bonchev–Trinajstić information content (AvgIpc) is 2.14. The largest absolute Gasteiger partial charge is 0.308 e. The van der Waals surface area contributed by atoms with Crippen molar-refractivity contribution in [1.29, 1.82) is 0 Å². The van der Waals surface area contributed by atoms with E-state index in [1.54, 1.807) is 0 Å². The van der Waals surface area contributed by atoms with Gasteiger partial charge in [0.15, 0.2) is 0 Å². The minimum absolute atomic E-state index is 0.176. The van der Waals surface area contributed by atoms with Crippen LogP contribution in [-0.4, -0.2) is 10.8 Å². The van der Waals surface area contributed by atoms with E-state index in [4.69, 9.17) is 0 Å². The first-order valence-electron chi connectivity index (χ1n) is 5.88. The normalized spacial score (nSPS) is 12.1. The monoisotopic (exact) mass is 237 g/mol. The summed E-state index contributed by atoms with van der Waals surface area (Å²) in [5.74, 6) is 0. The van der Waals surface area contributed by atoms with E-state index in [2.05, 4.69) is 64.2 Å². The molecule has 0 atom stereocenters. The predicted octanol–water partition coefficient (Wildman–Crippen LogP) is 4.08. The quantitative estimate of drug-likeness (QED) is 0.792. The summed E-state index contributed by atoms with van der Waals surface area (Å²) in [4.78, 5) is 1.40. The molecule has 0 amide bonds. The number of benzene rings is 1. The average molecular weight is 237 g/mol. The Morgan fingerprint density at radius 3 is 2.38 bits per heavy atom. The molecule has 90 valence electrons. The second-order valence-electron chi connectivity index (χ2n) is 5.38. The van der Waals surface area contributed by atoms with Crippen LogP contribution in [0.2, 0.25) is 0 Å². The third-order valence-corrected chi connectivity index (χ3v) is 3.27. The van der Waals surface area contributed by atoms with E-state index >= 15 is 0 Å². The van der Waals surface area contributed by atoms with Crippen molar-refractivity contribution in [3.8, 4) is 0 Å². The lowest BCUT2D eigenvalue weighted by atomic mass is 10.1. The molecule has 2 heteroatoms. The van der Waals surface area contributed by atoms with Crippen LogP contribution in [0.5, 0.6) is 0 Å². The number of hydrogen-bond acceptors (Lipinski definition) is 2. The fourth-order valence-corrected chi connectivity index (χ4v) is 2.34. The molecular weight excluding hydrogens is 214 g/mol. The molecule has 0 radical (unpaired) electrons. The van der Waals surface area contributed by atoms with Gasteiger partial charge in [0.1, 0.15) is 0 Å². The van der Waals surface area contributed by atoms with E-state index in [-0.39, 0.29) is 5.54 Å². The van der Waals surface area contributed by atoms with Gasteiger partial charge in [-0.1, -0.05) is 32.0 Å². The van der Waals surface area contributed by atoms with E-state index in [1.807, 2.05) is 11.8 Å². The van der Waals surface area contributed by atoms with E-state index < -0.39 is 0 Å². The molecule has 0 heterocycles. The Labute approximate surface area is 104 Å². The molecule has 1 N–H and O–H groups in total. The van der Waals surface area contributed by atoms with Crippen molar-refractivity contribution in [1.82, 2.24) is 5.32 Å². The molecule has 1 rings (SSSR count). The van der Waals surface area contributed by atoms with Crippen LogP contribution in [-0.2, 0) is 6.54 Å². The van der Waals surface area contributed by atoms with Gasteiger partial charge < -0.3 is 5.32 Å². The standard InChI is InChI=1S/C14H23NS/c1-11(2)16-13-9-7-6-8-12(13)10-15-14(3,4)5/h6-9,11,15H,10H2,1-5H3. The maximum Gasteiger partial charge on any atom is 0.0221 e. The van der Waals surface area contributed by atoms with E-state index in [0.717, 1.165) is 6.54 Å². The molecule has 0 spiro atoms. The first-order valence-corrected chi connectivity index (χ1v) is 6.76. The molecule has 0 aromatic heterocycles. The van der Waals surface area contributed by atoms with Gasteiger partial charge in [-0.15, -0.1) is 11.8 Å². The maximum atomic E-state index is 3.54. The van der Waals surface area contributed by atoms with Crippen LogP contribution < -0.4 is 5.32 Å². The van der Waals surface area contributed by atoms with Gasteiger partial charge in [0.05, 0.1) is 0 Å². The summed E-state index contributed by atoms with van der Waals surface area (Å²) in [6.07, 6.45) is 0. The Kier molecular flexibility index (Phi) is 4.88. The van der Waals surface area contributed by atoms with E-state index in [0.29, 0.717) is 5.25 Å². The van der Waals surface area contributed by atoms with Gasteiger partial charge >= 0.3 is 0 Å². The van der Waals surface area contributed by atoms with Gasteiger partial charge in [-0.05, 0) is 32.4 Å². The summed E-state index contributed by atoms with van der Waals surface area (Å²) in [6.45, 7) is 12.0. The summed E-state index contributed by atoms with van der Waals surface area (Å²) in [6, 6.07) is 8.66. The molecule has 0 unspecified atom stereocenters. The maximum absolute atomic E-state index is 3.54. The Balaban J connectivity index is 2.71. The highest BCUT2D eigenvalue weighted by molar-refractivity contribution is 8.00. The summed E-state index contributed by atoms with van der Waals surface area (Å²) >= 11 is 1.94. The summed E-state index contributed by atoms with van der Waals surface area (Å²) < 4.78 is 0. The molecule has 0 aliphatic heterocycles. The van der Waals surface area contributed by atoms with Crippen LogP contribution in [0.25, 0.3) is 0 Å². The SMILES string of the molecule is CC(C)Sc1ccccc1CNC(C)(C)C. The van der Waals surface area contributed by atoms with Crippen LogP contribution in [0.15, 0.2) is 29.2 Å². The van der Waals surface area contributed by atoms with E-state index in [1.165, 1.54) is 10.5 Å². The fourth-order valence-electron chi connectivity index (χ4n) is 1.38. The Morgan fingerprint density at radius 1 is 1.19 bits per heavy atom. The highest BCUT2D eigenvalue weighted by Crippen LogP contribution is 2.26. The van der Waals surface area contributed by atoms with Crippen molar-refractivity contribution in [2.75, 3.05) is 0 Å². The Morgan fingerprint density at radius 2 is 1.81 bits per heavy atom. The third-order valence-electron chi connectivity index (χ3n) is 2.14. The highest BCUT2D eigenvalue weighted by atomic mass is 32.2. The van der Waals surface area contributed by atoms with Crippen molar-refractivity contribution in [3.05, 3.63) is 29.8 Å². The fraction of sp³-hybridized carbons (Fsp3) is 0.571. The predicted molar refractivity (Wildman–Crippen MR) is 74.0 cm³/mol. The minimum atomic E-state index is 0.176. The Bertz CT molecular complexity index is 326. The van der Waals surface area contributed by atoms with Gasteiger partial charge in [0, 0.05) is 22.2 Å². The molecular formula is C14H23NS. The molecule has 1 nitrogen and oxygen atoms in total. The number of nitrogens with one attached hydrogen (secondary N) is 1. The van der Waals surface area contributed by atoms with Crippen molar-refractivity contribution in [3.63, 3.8) is 0 Å². The van der Waals surface area contributed by atoms with Crippen molar-refractivity contribution >= 4 is 11.8 Å². The highest BCUT2D eigenvalue weighted by Gasteiger charge is 2.10. The van der Waals surface area contributed by atoms with Crippen LogP contribution in [0.4, 0.5) is 0 Å². The van der Waals surface area contributed by atoms with Crippen molar-refractivity contribution in [2.45, 2.75) is 56.8 Å². The third kappa shape index (κ3) is 5.04. The molecule has 16 heavy (non-hydrogen) atoms. The lowest BCUT2D eigenvalue weighted by Crippen LogP contribution is -2.35. The first kappa shape index (κ1) is 13.6. The van der Waals surface area contributed by atoms with Crippen LogP contribution >= 0.6 is 11.8 Å². The minimum Gasteiger partial charge on any atom is -0.308 e. The van der Waals surface area contributed by atoms with Crippen LogP contribution in [0.1, 0.15) is 40.2 Å². The molecule has 0 fully saturated rings. The molecule has 0 saturated carbocycles. The van der Waals surface area contributed by atoms with Gasteiger partial charge in [-0.25, -0.2) is 0 Å². The summed E-state index contributed by atoms with van der Waals surface area (Å²) in [5, 5.41) is 4.17. The lowest BCUT2D eigenvalue weighted by molar-refractivity contribution is 0.422. The molecule has 0 aliphatic rings. The van der Waals surface area contributed by atoms with Gasteiger partial charge in [-0.2, -0.15) is 0 Å². The molecule has 0 saturated heterocycles. The zero-order valence-corrected chi connectivity index (χ0v) is 11.8. The number of thioether (sulfide) groups is 1. The van der Waals surface area contributed by atoms with E-state index in [9.17, 15) is 0 Å². The second kappa shape index (κ2) is 5.74. The summed E-state index contributed by atoms with van der Waals surface area (Å²) in [5.41, 5.74) is 1.58. The Hall–Kier alpha value is -0.470. The van der Waals surface area contributed by atoms with Crippen molar-refractivity contribution in [2.24, 2.45) is 0 Å². The molecule has 1 aromatic carbocycles. The molecule has 0 bridgehead atoms.